The molecule has 1 aromatic carbocycles. The summed E-state index contributed by atoms with van der Waals surface area (Å²) in [5.41, 5.74) is 4.50. The van der Waals surface area contributed by atoms with E-state index < -0.39 is 0 Å². The van der Waals surface area contributed by atoms with Gasteiger partial charge in [0.1, 0.15) is 0 Å². The van der Waals surface area contributed by atoms with Crippen LogP contribution in [0.3, 0.4) is 0 Å². The van der Waals surface area contributed by atoms with E-state index in [0.29, 0.717) is 6.04 Å². The number of nitrogens with zero attached hydrogens (tertiary/aromatic N) is 1. The molecule has 2 fully saturated rings. The lowest BCUT2D eigenvalue weighted by Gasteiger charge is -2.48. The minimum atomic E-state index is 0.667. The summed E-state index contributed by atoms with van der Waals surface area (Å²) in [5.74, 6) is 1.97. The first-order valence-corrected chi connectivity index (χ1v) is 8.73. The van der Waals surface area contributed by atoms with Crippen molar-refractivity contribution in [1.29, 1.82) is 0 Å². The van der Waals surface area contributed by atoms with E-state index >= 15 is 0 Å². The highest BCUT2D eigenvalue weighted by Crippen LogP contribution is 2.46. The van der Waals surface area contributed by atoms with E-state index in [1.165, 1.54) is 62.5 Å². The van der Waals surface area contributed by atoms with Crippen molar-refractivity contribution in [3.8, 4) is 0 Å². The van der Waals surface area contributed by atoms with Crippen molar-refractivity contribution >= 4 is 10.9 Å². The van der Waals surface area contributed by atoms with Gasteiger partial charge >= 0.3 is 0 Å². The third-order valence-corrected chi connectivity index (χ3v) is 6.33. The summed E-state index contributed by atoms with van der Waals surface area (Å²) in [6.07, 6.45) is 8.51. The third kappa shape index (κ3) is 1.81. The molecule has 110 valence electrons. The maximum absolute atomic E-state index is 3.77. The van der Waals surface area contributed by atoms with E-state index in [4.69, 9.17) is 0 Å². The van der Waals surface area contributed by atoms with Crippen LogP contribution >= 0.6 is 0 Å². The zero-order chi connectivity index (χ0) is 13.8. The molecule has 0 radical (unpaired) electrons. The van der Waals surface area contributed by atoms with Crippen molar-refractivity contribution in [2.24, 2.45) is 11.8 Å². The largest absolute Gasteiger partial charge is 0.357 e. The summed E-state index contributed by atoms with van der Waals surface area (Å²) in [7, 11) is 0. The standard InChI is InChI=1S/C19H24N2/c1-2-6-14-12-21-10-9-16-15-7-3-4-8-17(15)20-19(16)18(21)11-13(14)5-1/h3-4,7-8,13-14,18,20H,1-2,5-6,9-12H2/t13-,14-,18+/m0/s1. The van der Waals surface area contributed by atoms with Gasteiger partial charge in [0, 0.05) is 29.7 Å². The van der Waals surface area contributed by atoms with E-state index in [2.05, 4.69) is 34.1 Å². The van der Waals surface area contributed by atoms with Gasteiger partial charge < -0.3 is 4.98 Å². The molecule has 5 rings (SSSR count). The fourth-order valence-electron chi connectivity index (χ4n) is 5.28. The molecule has 3 aliphatic rings. The zero-order valence-electron chi connectivity index (χ0n) is 12.6. The van der Waals surface area contributed by atoms with Crippen LogP contribution in [0.25, 0.3) is 10.9 Å². The lowest BCUT2D eigenvalue weighted by atomic mass is 9.71. The second-order valence-electron chi connectivity index (χ2n) is 7.36. The highest BCUT2D eigenvalue weighted by atomic mass is 15.2. The first-order valence-electron chi connectivity index (χ1n) is 8.73. The van der Waals surface area contributed by atoms with Gasteiger partial charge in [-0.2, -0.15) is 0 Å². The minimum Gasteiger partial charge on any atom is -0.357 e. The third-order valence-electron chi connectivity index (χ3n) is 6.33. The molecule has 2 aromatic rings. The zero-order valence-corrected chi connectivity index (χ0v) is 12.6. The van der Waals surface area contributed by atoms with Gasteiger partial charge in [0.05, 0.1) is 6.04 Å². The first-order chi connectivity index (χ1) is 10.4. The van der Waals surface area contributed by atoms with Gasteiger partial charge in [-0.3, -0.25) is 4.90 Å². The normalized spacial score (nSPS) is 32.5. The monoisotopic (exact) mass is 280 g/mol. The number of para-hydroxylation sites is 1. The van der Waals surface area contributed by atoms with Crippen molar-refractivity contribution in [2.75, 3.05) is 13.1 Å². The Balaban J connectivity index is 1.56. The molecule has 0 spiro atoms. The van der Waals surface area contributed by atoms with Gasteiger partial charge in [-0.25, -0.2) is 0 Å². The topological polar surface area (TPSA) is 19.0 Å². The fourth-order valence-corrected chi connectivity index (χ4v) is 5.28. The van der Waals surface area contributed by atoms with Crippen LogP contribution < -0.4 is 0 Å². The van der Waals surface area contributed by atoms with Crippen molar-refractivity contribution < 1.29 is 0 Å². The van der Waals surface area contributed by atoms with E-state index in [1.54, 1.807) is 11.3 Å². The Morgan fingerprint density at radius 1 is 1.05 bits per heavy atom. The van der Waals surface area contributed by atoms with Crippen LogP contribution in [0.1, 0.15) is 49.4 Å². The molecule has 2 heteroatoms. The van der Waals surface area contributed by atoms with Crippen molar-refractivity contribution in [2.45, 2.75) is 44.6 Å². The molecule has 0 unspecified atom stereocenters. The number of nitrogens with one attached hydrogen (secondary N) is 1. The number of hydrogen-bond acceptors (Lipinski definition) is 1. The Bertz CT molecular complexity index is 671. The summed E-state index contributed by atoms with van der Waals surface area (Å²) in [6.45, 7) is 2.62. The molecule has 21 heavy (non-hydrogen) atoms. The Hall–Kier alpha value is -1.28. The lowest BCUT2D eigenvalue weighted by Crippen LogP contribution is -2.46. The SMILES string of the molecule is c1ccc2c3c([nH]c2c1)[C@H]1C[C@@H]2CCCC[C@H]2CN1CC3. The molecular formula is C19H24N2. The number of rotatable bonds is 0. The summed E-state index contributed by atoms with van der Waals surface area (Å²) in [5, 5.41) is 1.47. The quantitative estimate of drug-likeness (QED) is 0.763. The van der Waals surface area contributed by atoms with Gasteiger partial charge in [0.2, 0.25) is 0 Å². The molecule has 2 aliphatic heterocycles. The average Bonchev–Trinajstić information content (AvgIpc) is 2.92. The number of hydrogen-bond donors (Lipinski definition) is 1. The maximum atomic E-state index is 3.77. The molecule has 3 heterocycles. The minimum absolute atomic E-state index is 0.667. The van der Waals surface area contributed by atoms with Gasteiger partial charge in [-0.1, -0.05) is 37.5 Å². The van der Waals surface area contributed by atoms with Crippen LogP contribution in [0.15, 0.2) is 24.3 Å². The van der Waals surface area contributed by atoms with Crippen molar-refractivity contribution in [1.82, 2.24) is 9.88 Å². The first kappa shape index (κ1) is 12.3. The number of aromatic amines is 1. The van der Waals surface area contributed by atoms with Crippen molar-refractivity contribution in [3.05, 3.63) is 35.5 Å². The number of aromatic nitrogens is 1. The van der Waals surface area contributed by atoms with E-state index in [0.717, 1.165) is 11.8 Å². The average molecular weight is 280 g/mol. The summed E-state index contributed by atoms with van der Waals surface area (Å²) in [6, 6.07) is 9.54. The summed E-state index contributed by atoms with van der Waals surface area (Å²) < 4.78 is 0. The Morgan fingerprint density at radius 2 is 1.90 bits per heavy atom. The maximum Gasteiger partial charge on any atom is 0.0504 e. The smallest absolute Gasteiger partial charge is 0.0504 e. The summed E-state index contributed by atoms with van der Waals surface area (Å²) in [4.78, 5) is 6.55. The summed E-state index contributed by atoms with van der Waals surface area (Å²) >= 11 is 0. The van der Waals surface area contributed by atoms with E-state index in [1.807, 2.05) is 0 Å². The highest BCUT2D eigenvalue weighted by Gasteiger charge is 2.40. The second kappa shape index (κ2) is 4.61. The molecule has 1 aromatic heterocycles. The van der Waals surface area contributed by atoms with Gasteiger partial charge in [0.25, 0.3) is 0 Å². The van der Waals surface area contributed by atoms with Gasteiger partial charge in [-0.15, -0.1) is 0 Å². The second-order valence-corrected chi connectivity index (χ2v) is 7.36. The van der Waals surface area contributed by atoms with Gasteiger partial charge in [-0.05, 0) is 42.7 Å². The lowest BCUT2D eigenvalue weighted by molar-refractivity contribution is 0.0308. The van der Waals surface area contributed by atoms with E-state index in [-0.39, 0.29) is 0 Å². The Kier molecular flexibility index (Phi) is 2.69. The van der Waals surface area contributed by atoms with Crippen LogP contribution in [0.5, 0.6) is 0 Å². The molecule has 2 nitrogen and oxygen atoms in total. The number of H-pyrrole nitrogens is 1. The van der Waals surface area contributed by atoms with Crippen LogP contribution in [0.4, 0.5) is 0 Å². The highest BCUT2D eigenvalue weighted by molar-refractivity contribution is 5.85. The molecule has 1 saturated carbocycles. The predicted molar refractivity (Wildman–Crippen MR) is 86.4 cm³/mol. The van der Waals surface area contributed by atoms with E-state index in [9.17, 15) is 0 Å². The van der Waals surface area contributed by atoms with Crippen LogP contribution in [-0.2, 0) is 6.42 Å². The van der Waals surface area contributed by atoms with Crippen LogP contribution in [-0.4, -0.2) is 23.0 Å². The van der Waals surface area contributed by atoms with Crippen LogP contribution in [0, 0.1) is 11.8 Å². The van der Waals surface area contributed by atoms with Gasteiger partial charge in [0.15, 0.2) is 0 Å². The number of benzene rings is 1. The molecule has 0 amide bonds. The van der Waals surface area contributed by atoms with Crippen molar-refractivity contribution in [3.63, 3.8) is 0 Å². The van der Waals surface area contributed by atoms with Crippen LogP contribution in [0.2, 0.25) is 0 Å². The number of piperidine rings is 1. The predicted octanol–water partition coefficient (Wildman–Crippen LogP) is 4.28. The molecule has 1 N–H and O–H groups in total. The molecule has 0 bridgehead atoms. The Labute approximate surface area is 126 Å². The fraction of sp³-hybridized carbons (Fsp3) is 0.579. The number of fused-ring (bicyclic) bond motifs is 6. The molecular weight excluding hydrogens is 256 g/mol. The molecule has 1 saturated heterocycles. The Morgan fingerprint density at radius 3 is 2.86 bits per heavy atom. The molecule has 3 atom stereocenters. The molecule has 1 aliphatic carbocycles.